The first kappa shape index (κ1) is 29.3. The topological polar surface area (TPSA) is 96.3 Å². The molecule has 10 heteroatoms. The second kappa shape index (κ2) is 11.0. The number of benzene rings is 2. The van der Waals surface area contributed by atoms with Crippen LogP contribution >= 0.6 is 11.6 Å². The van der Waals surface area contributed by atoms with Crippen LogP contribution in [0.4, 0.5) is 15.3 Å². The molecule has 0 saturated carbocycles. The van der Waals surface area contributed by atoms with Crippen LogP contribution < -0.4 is 9.64 Å². The number of ether oxygens (including phenoxy) is 4. The first-order chi connectivity index (χ1) is 18.7. The largest absolute Gasteiger partial charge is 0.487 e. The molecule has 0 unspecified atom stereocenters. The number of hydrogen-bond acceptors (Lipinski definition) is 7. The zero-order chi connectivity index (χ0) is 29.4. The van der Waals surface area contributed by atoms with Gasteiger partial charge in [0.25, 0.3) is 0 Å². The molecule has 40 heavy (non-hydrogen) atoms. The Kier molecular flexibility index (Phi) is 8.08. The van der Waals surface area contributed by atoms with Crippen molar-refractivity contribution in [2.75, 3.05) is 24.4 Å². The van der Waals surface area contributed by atoms with Crippen molar-refractivity contribution in [1.29, 1.82) is 0 Å². The Balaban J connectivity index is 1.99. The lowest BCUT2D eigenvalue weighted by molar-refractivity contribution is 0.0489. The van der Waals surface area contributed by atoms with Gasteiger partial charge in [-0.3, -0.25) is 4.90 Å². The quantitative estimate of drug-likeness (QED) is 0.188. The summed E-state index contributed by atoms with van der Waals surface area (Å²) in [6, 6.07) is 12.8. The van der Waals surface area contributed by atoms with Gasteiger partial charge in [0.15, 0.2) is 0 Å². The van der Waals surface area contributed by atoms with E-state index in [-0.39, 0.29) is 36.4 Å². The highest BCUT2D eigenvalue weighted by Crippen LogP contribution is 2.47. The maximum absolute atomic E-state index is 13.6. The number of nitrogens with zero attached hydrogens (tertiary/aromatic N) is 2. The monoisotopic (exact) mass is 570 g/mol. The number of rotatable bonds is 5. The van der Waals surface area contributed by atoms with Crippen LogP contribution in [0.15, 0.2) is 42.5 Å². The van der Waals surface area contributed by atoms with Crippen LogP contribution in [0, 0.1) is 0 Å². The molecule has 0 radical (unpaired) electrons. The van der Waals surface area contributed by atoms with Crippen LogP contribution in [-0.2, 0) is 20.8 Å². The first-order valence-electron chi connectivity index (χ1n) is 13.0. The van der Waals surface area contributed by atoms with Crippen LogP contribution in [0.1, 0.15) is 69.1 Å². The number of alkyl halides is 1. The molecule has 1 atom stereocenters. The van der Waals surface area contributed by atoms with Gasteiger partial charge in [0.05, 0.1) is 12.8 Å². The van der Waals surface area contributed by atoms with E-state index in [0.29, 0.717) is 22.2 Å². The lowest BCUT2D eigenvalue weighted by Crippen LogP contribution is -2.36. The van der Waals surface area contributed by atoms with Gasteiger partial charge in [-0.15, -0.1) is 11.6 Å². The number of carbonyl (C=O) groups excluding carboxylic acids is 3. The molecule has 0 fully saturated rings. The van der Waals surface area contributed by atoms with Crippen molar-refractivity contribution in [3.05, 3.63) is 59.3 Å². The molecule has 9 nitrogen and oxygen atoms in total. The van der Waals surface area contributed by atoms with Crippen molar-refractivity contribution in [3.63, 3.8) is 0 Å². The minimum absolute atomic E-state index is 0.0336. The highest BCUT2D eigenvalue weighted by atomic mass is 35.5. The number of aromatic nitrogens is 1. The van der Waals surface area contributed by atoms with Crippen molar-refractivity contribution in [3.8, 4) is 5.75 Å². The Bertz CT molecular complexity index is 1430. The number of hydrogen-bond donors (Lipinski definition) is 0. The molecule has 3 aromatic rings. The molecule has 2 heterocycles. The Morgan fingerprint density at radius 2 is 1.57 bits per heavy atom. The van der Waals surface area contributed by atoms with Gasteiger partial charge >= 0.3 is 18.2 Å². The van der Waals surface area contributed by atoms with Crippen molar-refractivity contribution in [2.24, 2.45) is 0 Å². The van der Waals surface area contributed by atoms with E-state index in [1.54, 1.807) is 53.7 Å². The molecule has 4 rings (SSSR count). The zero-order valence-corrected chi connectivity index (χ0v) is 24.6. The summed E-state index contributed by atoms with van der Waals surface area (Å²) < 4.78 is 23.8. The molecule has 1 aliphatic rings. The number of halogens is 1. The molecule has 0 N–H and O–H groups in total. The zero-order valence-electron chi connectivity index (χ0n) is 23.9. The molecule has 1 aliphatic heterocycles. The number of esters is 1. The number of amides is 1. The Morgan fingerprint density at radius 3 is 2.15 bits per heavy atom. The predicted molar refractivity (Wildman–Crippen MR) is 153 cm³/mol. The third kappa shape index (κ3) is 6.04. The standard InChI is InChI=1S/C30H35ClN2O7/c1-29(2,3)39-27(35)32-16-19(15-31)24-20-13-22(26(34)37-7)33(28(36)40-30(4,5)6)25(20)23(14-21(24)32)38-17-18-11-9-8-10-12-18/h8-14,19H,15-17H2,1-7H3/t19-/m1/s1. The van der Waals surface area contributed by atoms with Crippen molar-refractivity contribution in [1.82, 2.24) is 4.57 Å². The molecule has 2 aromatic carbocycles. The summed E-state index contributed by atoms with van der Waals surface area (Å²) in [5.41, 5.74) is 0.866. The summed E-state index contributed by atoms with van der Waals surface area (Å²) in [5.74, 6) is -0.553. The smallest absolute Gasteiger partial charge is 0.419 e. The molecule has 0 saturated heterocycles. The summed E-state index contributed by atoms with van der Waals surface area (Å²) in [6.07, 6.45) is -1.30. The van der Waals surface area contributed by atoms with E-state index in [0.717, 1.165) is 5.56 Å². The second-order valence-electron chi connectivity index (χ2n) is 11.6. The van der Waals surface area contributed by atoms with Crippen LogP contribution in [0.2, 0.25) is 0 Å². The predicted octanol–water partition coefficient (Wildman–Crippen LogP) is 6.87. The third-order valence-corrected chi connectivity index (χ3v) is 6.55. The molecule has 0 aliphatic carbocycles. The fourth-order valence-electron chi connectivity index (χ4n) is 4.64. The van der Waals surface area contributed by atoms with E-state index < -0.39 is 29.4 Å². The lowest BCUT2D eigenvalue weighted by Gasteiger charge is -2.25. The summed E-state index contributed by atoms with van der Waals surface area (Å²) in [6.45, 7) is 11.0. The Morgan fingerprint density at radius 1 is 0.950 bits per heavy atom. The fourth-order valence-corrected chi connectivity index (χ4v) is 4.89. The van der Waals surface area contributed by atoms with Crippen molar-refractivity contribution in [2.45, 2.75) is 65.3 Å². The van der Waals surface area contributed by atoms with Gasteiger partial charge in [-0.05, 0) is 58.7 Å². The maximum Gasteiger partial charge on any atom is 0.419 e. The van der Waals surface area contributed by atoms with Crippen LogP contribution in [-0.4, -0.2) is 53.5 Å². The van der Waals surface area contributed by atoms with Crippen LogP contribution in [0.3, 0.4) is 0 Å². The van der Waals surface area contributed by atoms with E-state index in [9.17, 15) is 14.4 Å². The molecule has 1 aromatic heterocycles. The van der Waals surface area contributed by atoms with Gasteiger partial charge < -0.3 is 18.9 Å². The minimum Gasteiger partial charge on any atom is -0.487 e. The van der Waals surface area contributed by atoms with Gasteiger partial charge in [0.2, 0.25) is 0 Å². The van der Waals surface area contributed by atoms with E-state index in [4.69, 9.17) is 30.5 Å². The van der Waals surface area contributed by atoms with Gasteiger partial charge in [-0.1, -0.05) is 30.3 Å². The Hall–Kier alpha value is -3.72. The molecule has 214 valence electrons. The normalized spacial score (nSPS) is 15.1. The number of anilines is 1. The van der Waals surface area contributed by atoms with Gasteiger partial charge in [0, 0.05) is 29.8 Å². The van der Waals surface area contributed by atoms with Gasteiger partial charge in [-0.25, -0.2) is 19.0 Å². The van der Waals surface area contributed by atoms with Crippen molar-refractivity contribution < 1.29 is 33.3 Å². The summed E-state index contributed by atoms with van der Waals surface area (Å²) >= 11 is 6.41. The highest BCUT2D eigenvalue weighted by Gasteiger charge is 2.39. The van der Waals surface area contributed by atoms with Gasteiger partial charge in [-0.2, -0.15) is 0 Å². The minimum atomic E-state index is -0.838. The summed E-state index contributed by atoms with van der Waals surface area (Å²) in [7, 11) is 1.24. The van der Waals surface area contributed by atoms with Gasteiger partial charge in [0.1, 0.15) is 34.8 Å². The van der Waals surface area contributed by atoms with E-state index in [1.807, 2.05) is 30.3 Å². The summed E-state index contributed by atoms with van der Waals surface area (Å²) in [5, 5.41) is 0.531. The van der Waals surface area contributed by atoms with E-state index in [1.165, 1.54) is 16.6 Å². The SMILES string of the molecule is COC(=O)c1cc2c3c(cc(OCc4ccccc4)c2n1C(=O)OC(C)(C)C)N(C(=O)OC(C)(C)C)C[C@H]3CCl. The lowest BCUT2D eigenvalue weighted by atomic mass is 9.98. The molecule has 1 amide bonds. The van der Waals surface area contributed by atoms with E-state index in [2.05, 4.69) is 0 Å². The number of fused-ring (bicyclic) bond motifs is 3. The average Bonchev–Trinajstić information content (AvgIpc) is 3.44. The van der Waals surface area contributed by atoms with Crippen LogP contribution in [0.5, 0.6) is 5.75 Å². The van der Waals surface area contributed by atoms with Crippen LogP contribution in [0.25, 0.3) is 10.9 Å². The average molecular weight is 571 g/mol. The number of methoxy groups -OCH3 is 1. The van der Waals surface area contributed by atoms with E-state index >= 15 is 0 Å². The molecular weight excluding hydrogens is 536 g/mol. The van der Waals surface area contributed by atoms with Crippen molar-refractivity contribution >= 4 is 46.3 Å². The highest BCUT2D eigenvalue weighted by molar-refractivity contribution is 6.19. The number of carbonyl (C=O) groups is 3. The fraction of sp³-hybridized carbons (Fsp3) is 0.433. The molecular formula is C30H35ClN2O7. The maximum atomic E-state index is 13.6. The first-order valence-corrected chi connectivity index (χ1v) is 13.5. The molecule has 0 bridgehead atoms. The second-order valence-corrected chi connectivity index (χ2v) is 11.9. The third-order valence-electron chi connectivity index (χ3n) is 6.18. The summed E-state index contributed by atoms with van der Waals surface area (Å²) in [4.78, 5) is 41.3. The molecule has 0 spiro atoms. The Labute approximate surface area is 238 Å².